The second kappa shape index (κ2) is 5.71. The van der Waals surface area contributed by atoms with E-state index in [1.54, 1.807) is 0 Å². The Morgan fingerprint density at radius 2 is 2.15 bits per heavy atom. The van der Waals surface area contributed by atoms with Gasteiger partial charge in [-0.1, -0.05) is 24.3 Å². The molecule has 104 valence electrons. The lowest BCUT2D eigenvalue weighted by molar-refractivity contribution is 0.585. The SMILES string of the molecule is CC(N)Cc1ccnc(C2CCCc3ccccc32)n1. The van der Waals surface area contributed by atoms with Crippen LogP contribution in [0.5, 0.6) is 0 Å². The van der Waals surface area contributed by atoms with Crippen molar-refractivity contribution in [3.8, 4) is 0 Å². The lowest BCUT2D eigenvalue weighted by Crippen LogP contribution is -2.20. The molecule has 0 amide bonds. The second-order valence-electron chi connectivity index (χ2n) is 5.73. The van der Waals surface area contributed by atoms with Crippen molar-refractivity contribution < 1.29 is 0 Å². The summed E-state index contributed by atoms with van der Waals surface area (Å²) in [5.41, 5.74) is 9.77. The Kier molecular flexibility index (Phi) is 3.79. The molecule has 3 heteroatoms. The molecule has 0 saturated heterocycles. The molecule has 3 nitrogen and oxygen atoms in total. The van der Waals surface area contributed by atoms with Gasteiger partial charge >= 0.3 is 0 Å². The summed E-state index contributed by atoms with van der Waals surface area (Å²) in [5, 5.41) is 0. The molecular formula is C17H21N3. The molecule has 0 bridgehead atoms. The van der Waals surface area contributed by atoms with E-state index in [0.717, 1.165) is 24.4 Å². The number of nitrogens with zero attached hydrogens (tertiary/aromatic N) is 2. The van der Waals surface area contributed by atoms with E-state index >= 15 is 0 Å². The van der Waals surface area contributed by atoms with Gasteiger partial charge in [-0.3, -0.25) is 0 Å². The first kappa shape index (κ1) is 13.3. The molecule has 1 aliphatic carbocycles. The van der Waals surface area contributed by atoms with Crippen LogP contribution in [0.25, 0.3) is 0 Å². The van der Waals surface area contributed by atoms with Crippen LogP contribution in [0.2, 0.25) is 0 Å². The Morgan fingerprint density at radius 1 is 1.30 bits per heavy atom. The van der Waals surface area contributed by atoms with Gasteiger partial charge in [-0.2, -0.15) is 0 Å². The Bertz CT molecular complexity index is 592. The molecule has 0 fully saturated rings. The molecule has 20 heavy (non-hydrogen) atoms. The first-order valence-electron chi connectivity index (χ1n) is 7.39. The van der Waals surface area contributed by atoms with Gasteiger partial charge in [-0.05, 0) is 43.4 Å². The minimum absolute atomic E-state index is 0.136. The Balaban J connectivity index is 1.94. The summed E-state index contributed by atoms with van der Waals surface area (Å²) >= 11 is 0. The number of aromatic nitrogens is 2. The molecule has 1 aromatic carbocycles. The minimum Gasteiger partial charge on any atom is -0.328 e. The van der Waals surface area contributed by atoms with Gasteiger partial charge in [-0.15, -0.1) is 0 Å². The fraction of sp³-hybridized carbons (Fsp3) is 0.412. The summed E-state index contributed by atoms with van der Waals surface area (Å²) in [7, 11) is 0. The van der Waals surface area contributed by atoms with Gasteiger partial charge in [0.2, 0.25) is 0 Å². The van der Waals surface area contributed by atoms with Gasteiger partial charge < -0.3 is 5.73 Å². The quantitative estimate of drug-likeness (QED) is 0.930. The van der Waals surface area contributed by atoms with Crippen molar-refractivity contribution in [2.24, 2.45) is 5.73 Å². The average molecular weight is 267 g/mol. The zero-order valence-corrected chi connectivity index (χ0v) is 11.9. The maximum Gasteiger partial charge on any atom is 0.135 e. The summed E-state index contributed by atoms with van der Waals surface area (Å²) in [6.45, 7) is 2.01. The molecule has 2 unspecified atom stereocenters. The number of fused-ring (bicyclic) bond motifs is 1. The standard InChI is InChI=1S/C17H21N3/c1-12(18)11-14-9-10-19-17(20-14)16-8-4-6-13-5-2-3-7-15(13)16/h2-3,5,7,9-10,12,16H,4,6,8,11,18H2,1H3. The van der Waals surface area contributed by atoms with Gasteiger partial charge in [0.1, 0.15) is 5.82 Å². The zero-order valence-electron chi connectivity index (χ0n) is 11.9. The van der Waals surface area contributed by atoms with Crippen LogP contribution in [-0.2, 0) is 12.8 Å². The van der Waals surface area contributed by atoms with Crippen molar-refractivity contribution in [1.29, 1.82) is 0 Å². The maximum atomic E-state index is 5.87. The van der Waals surface area contributed by atoms with Crippen LogP contribution in [0.15, 0.2) is 36.5 Å². The van der Waals surface area contributed by atoms with Crippen LogP contribution >= 0.6 is 0 Å². The first-order chi connectivity index (χ1) is 9.74. The monoisotopic (exact) mass is 267 g/mol. The van der Waals surface area contributed by atoms with E-state index in [1.807, 2.05) is 19.2 Å². The number of nitrogens with two attached hydrogens (primary N) is 1. The largest absolute Gasteiger partial charge is 0.328 e. The van der Waals surface area contributed by atoms with Crippen molar-refractivity contribution in [3.05, 3.63) is 59.2 Å². The van der Waals surface area contributed by atoms with Gasteiger partial charge in [0.25, 0.3) is 0 Å². The lowest BCUT2D eigenvalue weighted by atomic mass is 9.82. The number of aryl methyl sites for hydroxylation is 1. The van der Waals surface area contributed by atoms with E-state index in [0.29, 0.717) is 5.92 Å². The zero-order chi connectivity index (χ0) is 13.9. The maximum absolute atomic E-state index is 5.87. The first-order valence-corrected chi connectivity index (χ1v) is 7.39. The molecule has 2 aromatic rings. The third-order valence-electron chi connectivity index (χ3n) is 3.94. The summed E-state index contributed by atoms with van der Waals surface area (Å²) in [6.07, 6.45) is 6.20. The van der Waals surface area contributed by atoms with E-state index in [1.165, 1.54) is 24.0 Å². The summed E-state index contributed by atoms with van der Waals surface area (Å²) in [4.78, 5) is 9.26. The third kappa shape index (κ3) is 2.73. The molecule has 1 aromatic heterocycles. The predicted molar refractivity (Wildman–Crippen MR) is 80.6 cm³/mol. The highest BCUT2D eigenvalue weighted by Crippen LogP contribution is 2.34. The van der Waals surface area contributed by atoms with Crippen LogP contribution in [0.4, 0.5) is 0 Å². The van der Waals surface area contributed by atoms with Gasteiger partial charge in [0, 0.05) is 30.3 Å². The second-order valence-corrected chi connectivity index (χ2v) is 5.73. The highest BCUT2D eigenvalue weighted by atomic mass is 14.9. The molecule has 3 rings (SSSR count). The van der Waals surface area contributed by atoms with Crippen LogP contribution in [0, 0.1) is 0 Å². The van der Waals surface area contributed by atoms with Crippen LogP contribution < -0.4 is 5.73 Å². The van der Waals surface area contributed by atoms with E-state index in [4.69, 9.17) is 10.7 Å². The van der Waals surface area contributed by atoms with Crippen molar-refractivity contribution >= 4 is 0 Å². The summed E-state index contributed by atoms with van der Waals surface area (Å²) < 4.78 is 0. The molecule has 0 spiro atoms. The molecule has 0 saturated carbocycles. The lowest BCUT2D eigenvalue weighted by Gasteiger charge is -2.24. The molecule has 2 N–H and O–H groups in total. The van der Waals surface area contributed by atoms with Crippen molar-refractivity contribution in [1.82, 2.24) is 9.97 Å². The highest BCUT2D eigenvalue weighted by Gasteiger charge is 2.23. The van der Waals surface area contributed by atoms with Crippen molar-refractivity contribution in [2.75, 3.05) is 0 Å². The third-order valence-corrected chi connectivity index (χ3v) is 3.94. The predicted octanol–water partition coefficient (Wildman–Crippen LogP) is 2.83. The molecular weight excluding hydrogens is 246 g/mol. The van der Waals surface area contributed by atoms with Crippen LogP contribution in [0.1, 0.15) is 48.3 Å². The van der Waals surface area contributed by atoms with Gasteiger partial charge in [-0.25, -0.2) is 9.97 Å². The molecule has 2 atom stereocenters. The topological polar surface area (TPSA) is 51.8 Å². The van der Waals surface area contributed by atoms with Gasteiger partial charge in [0.05, 0.1) is 0 Å². The average Bonchev–Trinajstić information content (AvgIpc) is 2.46. The van der Waals surface area contributed by atoms with Crippen LogP contribution in [0.3, 0.4) is 0 Å². The molecule has 1 aliphatic rings. The summed E-state index contributed by atoms with van der Waals surface area (Å²) in [6, 6.07) is 10.8. The number of hydrogen-bond acceptors (Lipinski definition) is 3. The summed E-state index contributed by atoms with van der Waals surface area (Å²) in [5.74, 6) is 1.29. The number of rotatable bonds is 3. The normalized spacial score (nSPS) is 19.4. The van der Waals surface area contributed by atoms with Gasteiger partial charge in [0.15, 0.2) is 0 Å². The molecule has 0 radical (unpaired) electrons. The van der Waals surface area contributed by atoms with E-state index in [9.17, 15) is 0 Å². The highest BCUT2D eigenvalue weighted by molar-refractivity contribution is 5.36. The van der Waals surface area contributed by atoms with Crippen LogP contribution in [-0.4, -0.2) is 16.0 Å². The Hall–Kier alpha value is -1.74. The smallest absolute Gasteiger partial charge is 0.135 e. The fourth-order valence-corrected chi connectivity index (χ4v) is 3.05. The number of hydrogen-bond donors (Lipinski definition) is 1. The Morgan fingerprint density at radius 3 is 3.00 bits per heavy atom. The van der Waals surface area contributed by atoms with Crippen molar-refractivity contribution in [2.45, 2.75) is 44.6 Å². The number of benzene rings is 1. The molecule has 0 aliphatic heterocycles. The Labute approximate surface area is 120 Å². The van der Waals surface area contributed by atoms with E-state index in [2.05, 4.69) is 29.2 Å². The van der Waals surface area contributed by atoms with E-state index < -0.39 is 0 Å². The van der Waals surface area contributed by atoms with E-state index in [-0.39, 0.29) is 6.04 Å². The van der Waals surface area contributed by atoms with Crippen molar-refractivity contribution in [3.63, 3.8) is 0 Å². The molecule has 1 heterocycles. The fourth-order valence-electron chi connectivity index (χ4n) is 3.05. The minimum atomic E-state index is 0.136.